The van der Waals surface area contributed by atoms with Gasteiger partial charge in [-0.3, -0.25) is 4.72 Å². The van der Waals surface area contributed by atoms with E-state index in [4.69, 9.17) is 22.1 Å². The summed E-state index contributed by atoms with van der Waals surface area (Å²) in [5.74, 6) is -0.965. The number of benzene rings is 2. The SMILES string of the molecule is COC(=O)c1ccc(OC)c(S(=O)(=O)Nc2cc(C(F)(F)F)c(Cl)cc2N)c1. The molecule has 12 heteroatoms. The quantitative estimate of drug-likeness (QED) is 0.546. The Morgan fingerprint density at radius 1 is 1.18 bits per heavy atom. The highest BCUT2D eigenvalue weighted by molar-refractivity contribution is 7.92. The molecule has 0 radical (unpaired) electrons. The van der Waals surface area contributed by atoms with Crippen molar-refractivity contribution in [2.75, 3.05) is 24.7 Å². The fourth-order valence-electron chi connectivity index (χ4n) is 2.23. The summed E-state index contributed by atoms with van der Waals surface area (Å²) in [6, 6.07) is 4.69. The first-order valence-electron chi connectivity index (χ1n) is 7.36. The molecule has 2 rings (SSSR count). The third kappa shape index (κ3) is 4.42. The van der Waals surface area contributed by atoms with Crippen molar-refractivity contribution in [2.45, 2.75) is 11.1 Å². The summed E-state index contributed by atoms with van der Waals surface area (Å²) in [5, 5.41) is -0.682. The zero-order valence-corrected chi connectivity index (χ0v) is 16.0. The van der Waals surface area contributed by atoms with Gasteiger partial charge in [0.1, 0.15) is 10.6 Å². The predicted molar refractivity (Wildman–Crippen MR) is 96.0 cm³/mol. The van der Waals surface area contributed by atoms with E-state index in [9.17, 15) is 26.4 Å². The Morgan fingerprint density at radius 3 is 2.36 bits per heavy atom. The molecule has 0 heterocycles. The van der Waals surface area contributed by atoms with Crippen molar-refractivity contribution in [2.24, 2.45) is 0 Å². The lowest BCUT2D eigenvalue weighted by molar-refractivity contribution is -0.137. The molecule has 0 aliphatic carbocycles. The number of carbonyl (C=O) groups excluding carboxylic acids is 1. The largest absolute Gasteiger partial charge is 0.495 e. The average molecular weight is 439 g/mol. The minimum absolute atomic E-state index is 0.108. The van der Waals surface area contributed by atoms with Gasteiger partial charge in [-0.05, 0) is 30.3 Å². The number of methoxy groups -OCH3 is 2. The molecular formula is C16H14ClF3N2O5S. The van der Waals surface area contributed by atoms with Gasteiger partial charge in [0.2, 0.25) is 0 Å². The molecule has 0 atom stereocenters. The normalized spacial score (nSPS) is 11.8. The van der Waals surface area contributed by atoms with Crippen molar-refractivity contribution in [1.29, 1.82) is 0 Å². The summed E-state index contributed by atoms with van der Waals surface area (Å²) in [6.07, 6.45) is -4.83. The van der Waals surface area contributed by atoms with Crippen LogP contribution in [0.25, 0.3) is 0 Å². The van der Waals surface area contributed by atoms with Crippen LogP contribution in [0.15, 0.2) is 35.2 Å². The minimum Gasteiger partial charge on any atom is -0.495 e. The zero-order valence-electron chi connectivity index (χ0n) is 14.4. The van der Waals surface area contributed by atoms with Crippen LogP contribution in [0.4, 0.5) is 24.5 Å². The zero-order chi connectivity index (χ0) is 21.3. The summed E-state index contributed by atoms with van der Waals surface area (Å²) in [5.41, 5.74) is 3.36. The standard InChI is InChI=1S/C16H14ClF3N2O5S/c1-26-13-4-3-8(15(23)27-2)5-14(13)28(24,25)22-12-6-9(16(18,19)20)10(17)7-11(12)21/h3-7,22H,21H2,1-2H3. The Labute approximate surface area is 163 Å². The molecule has 0 spiro atoms. The van der Waals surface area contributed by atoms with Crippen molar-refractivity contribution in [1.82, 2.24) is 0 Å². The smallest absolute Gasteiger partial charge is 0.417 e. The molecule has 0 aromatic heterocycles. The van der Waals surface area contributed by atoms with Crippen LogP contribution in [0.2, 0.25) is 5.02 Å². The van der Waals surface area contributed by atoms with Crippen LogP contribution in [0, 0.1) is 0 Å². The first-order valence-corrected chi connectivity index (χ1v) is 9.22. The van der Waals surface area contributed by atoms with Crippen molar-refractivity contribution in [3.05, 3.63) is 46.5 Å². The van der Waals surface area contributed by atoms with Gasteiger partial charge < -0.3 is 15.2 Å². The number of esters is 1. The maximum Gasteiger partial charge on any atom is 0.417 e. The molecular weight excluding hydrogens is 425 g/mol. The van der Waals surface area contributed by atoms with E-state index in [2.05, 4.69) is 4.74 Å². The second-order valence-electron chi connectivity index (χ2n) is 5.38. The second kappa shape index (κ2) is 7.76. The Morgan fingerprint density at radius 2 is 1.82 bits per heavy atom. The Hall–Kier alpha value is -2.66. The maximum atomic E-state index is 13.0. The lowest BCUT2D eigenvalue weighted by Crippen LogP contribution is -2.17. The van der Waals surface area contributed by atoms with E-state index in [1.54, 1.807) is 0 Å². The summed E-state index contributed by atoms with van der Waals surface area (Å²) < 4.78 is 76.0. The minimum atomic E-state index is -4.83. The topological polar surface area (TPSA) is 108 Å². The van der Waals surface area contributed by atoms with E-state index in [1.807, 2.05) is 4.72 Å². The third-order valence-electron chi connectivity index (χ3n) is 3.56. The van der Waals surface area contributed by atoms with Crippen LogP contribution >= 0.6 is 11.6 Å². The maximum absolute atomic E-state index is 13.0. The van der Waals surface area contributed by atoms with Crippen molar-refractivity contribution >= 4 is 39.0 Å². The number of rotatable bonds is 5. The number of nitrogens with two attached hydrogens (primary N) is 1. The second-order valence-corrected chi connectivity index (χ2v) is 7.44. The molecule has 2 aromatic carbocycles. The van der Waals surface area contributed by atoms with E-state index in [0.29, 0.717) is 6.07 Å². The average Bonchev–Trinajstić information content (AvgIpc) is 2.61. The highest BCUT2D eigenvalue weighted by atomic mass is 35.5. The van der Waals surface area contributed by atoms with Crippen LogP contribution in [0.3, 0.4) is 0 Å². The van der Waals surface area contributed by atoms with Gasteiger partial charge >= 0.3 is 12.1 Å². The van der Waals surface area contributed by atoms with E-state index in [-0.39, 0.29) is 17.0 Å². The number of nitrogens with one attached hydrogen (secondary N) is 1. The number of hydrogen-bond acceptors (Lipinski definition) is 6. The number of alkyl halides is 3. The third-order valence-corrected chi connectivity index (χ3v) is 5.26. The Balaban J connectivity index is 2.57. The number of ether oxygens (including phenoxy) is 2. The van der Waals surface area contributed by atoms with Crippen LogP contribution < -0.4 is 15.2 Å². The summed E-state index contributed by atoms with van der Waals surface area (Å²) in [7, 11) is -2.20. The Kier molecular flexibility index (Phi) is 6.00. The molecule has 0 unspecified atom stereocenters. The molecule has 152 valence electrons. The van der Waals surface area contributed by atoms with Gasteiger partial charge in [-0.25, -0.2) is 13.2 Å². The van der Waals surface area contributed by atoms with E-state index < -0.39 is 43.3 Å². The summed E-state index contributed by atoms with van der Waals surface area (Å²) in [6.45, 7) is 0. The lowest BCUT2D eigenvalue weighted by atomic mass is 10.1. The molecule has 0 aliphatic heterocycles. The molecule has 28 heavy (non-hydrogen) atoms. The predicted octanol–water partition coefficient (Wildman–Crippen LogP) is 3.54. The number of carbonyl (C=O) groups is 1. The van der Waals surface area contributed by atoms with Gasteiger partial charge in [-0.15, -0.1) is 0 Å². The summed E-state index contributed by atoms with van der Waals surface area (Å²) >= 11 is 5.55. The fourth-order valence-corrected chi connectivity index (χ4v) is 3.78. The highest BCUT2D eigenvalue weighted by Crippen LogP contribution is 2.39. The molecule has 0 aliphatic rings. The molecule has 0 saturated carbocycles. The molecule has 3 N–H and O–H groups in total. The van der Waals surface area contributed by atoms with Gasteiger partial charge in [-0.1, -0.05) is 11.6 Å². The molecule has 0 bridgehead atoms. The van der Waals surface area contributed by atoms with Crippen molar-refractivity contribution < 1.29 is 35.9 Å². The van der Waals surface area contributed by atoms with E-state index in [0.717, 1.165) is 19.2 Å². The fraction of sp³-hybridized carbons (Fsp3) is 0.188. The van der Waals surface area contributed by atoms with Crippen LogP contribution in [-0.2, 0) is 20.9 Å². The van der Waals surface area contributed by atoms with Gasteiger partial charge in [0.25, 0.3) is 10.0 Å². The number of nitrogen functional groups attached to an aromatic ring is 1. The number of sulfonamides is 1. The molecule has 0 amide bonds. The highest BCUT2D eigenvalue weighted by Gasteiger charge is 2.34. The van der Waals surface area contributed by atoms with Gasteiger partial charge in [0.05, 0.1) is 41.7 Å². The first kappa shape index (κ1) is 21.6. The molecule has 0 saturated heterocycles. The Bertz CT molecular complexity index is 1030. The number of hydrogen-bond donors (Lipinski definition) is 2. The number of halogens is 4. The monoisotopic (exact) mass is 438 g/mol. The van der Waals surface area contributed by atoms with Crippen molar-refractivity contribution in [3.63, 3.8) is 0 Å². The molecule has 2 aromatic rings. The van der Waals surface area contributed by atoms with Gasteiger partial charge in [0.15, 0.2) is 0 Å². The van der Waals surface area contributed by atoms with Gasteiger partial charge in [-0.2, -0.15) is 13.2 Å². The summed E-state index contributed by atoms with van der Waals surface area (Å²) in [4.78, 5) is 11.2. The van der Waals surface area contributed by atoms with Crippen molar-refractivity contribution in [3.8, 4) is 5.75 Å². The van der Waals surface area contributed by atoms with Gasteiger partial charge in [0, 0.05) is 0 Å². The van der Waals surface area contributed by atoms with Crippen LogP contribution in [0.1, 0.15) is 15.9 Å². The van der Waals surface area contributed by atoms with Crippen LogP contribution in [-0.4, -0.2) is 28.6 Å². The molecule has 0 fully saturated rings. The number of anilines is 2. The first-order chi connectivity index (χ1) is 12.9. The van der Waals surface area contributed by atoms with E-state index in [1.165, 1.54) is 19.2 Å². The van der Waals surface area contributed by atoms with Crippen LogP contribution in [0.5, 0.6) is 5.75 Å². The van der Waals surface area contributed by atoms with E-state index >= 15 is 0 Å². The molecule has 7 nitrogen and oxygen atoms in total. The lowest BCUT2D eigenvalue weighted by Gasteiger charge is -2.16.